The number of likely N-dealkylation sites (tertiary alicyclic amines) is 1. The molecule has 0 aliphatic carbocycles. The summed E-state index contributed by atoms with van der Waals surface area (Å²) in [6, 6.07) is 18.8. The predicted octanol–water partition coefficient (Wildman–Crippen LogP) is 4.15. The number of hydrogen-bond donors (Lipinski definition) is 0. The third kappa shape index (κ3) is 5.10. The van der Waals surface area contributed by atoms with E-state index in [1.165, 1.54) is 5.56 Å². The minimum atomic E-state index is 0.186. The van der Waals surface area contributed by atoms with Gasteiger partial charge in [0.25, 0.3) is 0 Å². The third-order valence-electron chi connectivity index (χ3n) is 5.38. The van der Waals surface area contributed by atoms with Crippen LogP contribution in [-0.4, -0.2) is 43.6 Å². The number of rotatable bonds is 7. The number of benzene rings is 2. The molecule has 27 heavy (non-hydrogen) atoms. The van der Waals surface area contributed by atoms with Gasteiger partial charge in [0, 0.05) is 43.9 Å². The van der Waals surface area contributed by atoms with Crippen molar-refractivity contribution in [1.82, 2.24) is 4.90 Å². The maximum atomic E-state index is 12.7. The summed E-state index contributed by atoms with van der Waals surface area (Å²) in [6.45, 7) is 5.09. The van der Waals surface area contributed by atoms with Gasteiger partial charge < -0.3 is 14.5 Å². The van der Waals surface area contributed by atoms with E-state index in [0.29, 0.717) is 6.42 Å². The van der Waals surface area contributed by atoms with Crippen LogP contribution in [0.1, 0.15) is 31.7 Å². The molecule has 0 aromatic heterocycles. The van der Waals surface area contributed by atoms with Gasteiger partial charge >= 0.3 is 0 Å². The van der Waals surface area contributed by atoms with Gasteiger partial charge in [-0.05, 0) is 37.0 Å². The van der Waals surface area contributed by atoms with E-state index in [4.69, 9.17) is 4.74 Å². The number of anilines is 1. The third-order valence-corrected chi connectivity index (χ3v) is 5.38. The van der Waals surface area contributed by atoms with E-state index in [0.717, 1.165) is 50.3 Å². The molecule has 144 valence electrons. The molecule has 0 spiro atoms. The number of ether oxygens (including phenoxy) is 1. The molecule has 1 aliphatic rings. The highest BCUT2D eigenvalue weighted by atomic mass is 16.5. The summed E-state index contributed by atoms with van der Waals surface area (Å²) < 4.78 is 5.35. The zero-order valence-electron chi connectivity index (χ0n) is 16.4. The van der Waals surface area contributed by atoms with Crippen molar-refractivity contribution in [2.45, 2.75) is 38.6 Å². The largest absolute Gasteiger partial charge is 0.497 e. The number of amides is 1. The van der Waals surface area contributed by atoms with Crippen molar-refractivity contribution in [3.8, 4) is 5.75 Å². The Morgan fingerprint density at radius 3 is 2.52 bits per heavy atom. The number of methoxy groups -OCH3 is 1. The number of nitrogens with zero attached hydrogens (tertiary/aromatic N) is 2. The molecule has 4 nitrogen and oxygen atoms in total. The highest BCUT2D eigenvalue weighted by molar-refractivity contribution is 5.94. The second-order valence-electron chi connectivity index (χ2n) is 7.13. The van der Waals surface area contributed by atoms with Crippen LogP contribution in [0.4, 0.5) is 5.69 Å². The number of carbonyl (C=O) groups excluding carboxylic acids is 1. The van der Waals surface area contributed by atoms with Crippen molar-refractivity contribution in [1.29, 1.82) is 0 Å². The lowest BCUT2D eigenvalue weighted by Gasteiger charge is -2.38. The first-order valence-corrected chi connectivity index (χ1v) is 9.93. The SMILES string of the molecule is CCC(=O)N(c1cccc(OC)c1)C1CCN(CCc2ccccc2)CC1. The highest BCUT2D eigenvalue weighted by Gasteiger charge is 2.28. The Morgan fingerprint density at radius 1 is 1.11 bits per heavy atom. The van der Waals surface area contributed by atoms with Crippen LogP contribution < -0.4 is 9.64 Å². The van der Waals surface area contributed by atoms with Crippen LogP contribution in [0.2, 0.25) is 0 Å². The molecule has 1 saturated heterocycles. The first-order chi connectivity index (χ1) is 13.2. The van der Waals surface area contributed by atoms with Crippen molar-refractivity contribution in [3.63, 3.8) is 0 Å². The van der Waals surface area contributed by atoms with Gasteiger partial charge in [0.15, 0.2) is 0 Å². The minimum absolute atomic E-state index is 0.186. The van der Waals surface area contributed by atoms with Crippen molar-refractivity contribution in [2.24, 2.45) is 0 Å². The Hall–Kier alpha value is -2.33. The van der Waals surface area contributed by atoms with Gasteiger partial charge in [-0.2, -0.15) is 0 Å². The van der Waals surface area contributed by atoms with Gasteiger partial charge in [0.1, 0.15) is 5.75 Å². The molecule has 2 aromatic rings. The maximum Gasteiger partial charge on any atom is 0.226 e. The van der Waals surface area contributed by atoms with Crippen LogP contribution in [0.3, 0.4) is 0 Å². The summed E-state index contributed by atoms with van der Waals surface area (Å²) in [5.41, 5.74) is 2.34. The zero-order valence-corrected chi connectivity index (χ0v) is 16.4. The Bertz CT molecular complexity index is 724. The summed E-state index contributed by atoms with van der Waals surface area (Å²) >= 11 is 0. The first-order valence-electron chi connectivity index (χ1n) is 9.93. The average molecular weight is 367 g/mol. The van der Waals surface area contributed by atoms with E-state index < -0.39 is 0 Å². The fourth-order valence-electron chi connectivity index (χ4n) is 3.82. The Labute approximate surface area is 162 Å². The molecule has 0 atom stereocenters. The fourth-order valence-corrected chi connectivity index (χ4v) is 3.82. The summed E-state index contributed by atoms with van der Waals surface area (Å²) in [5.74, 6) is 0.979. The topological polar surface area (TPSA) is 32.8 Å². The quantitative estimate of drug-likeness (QED) is 0.738. The molecule has 2 aromatic carbocycles. The van der Waals surface area contributed by atoms with Crippen LogP contribution in [0.15, 0.2) is 54.6 Å². The van der Waals surface area contributed by atoms with E-state index in [9.17, 15) is 4.79 Å². The molecule has 0 radical (unpaired) electrons. The Balaban J connectivity index is 1.61. The van der Waals surface area contributed by atoms with Crippen LogP contribution in [0.25, 0.3) is 0 Å². The van der Waals surface area contributed by atoms with E-state index >= 15 is 0 Å². The molecule has 1 amide bonds. The Morgan fingerprint density at radius 2 is 1.85 bits per heavy atom. The van der Waals surface area contributed by atoms with Crippen molar-refractivity contribution < 1.29 is 9.53 Å². The number of hydrogen-bond acceptors (Lipinski definition) is 3. The second-order valence-corrected chi connectivity index (χ2v) is 7.13. The smallest absolute Gasteiger partial charge is 0.226 e. The lowest BCUT2D eigenvalue weighted by molar-refractivity contribution is -0.119. The van der Waals surface area contributed by atoms with E-state index in [1.807, 2.05) is 36.1 Å². The molecule has 0 saturated carbocycles. The predicted molar refractivity (Wildman–Crippen MR) is 110 cm³/mol. The lowest BCUT2D eigenvalue weighted by Crippen LogP contribution is -2.47. The molecule has 3 rings (SSSR count). The maximum absolute atomic E-state index is 12.7. The molecule has 1 fully saturated rings. The summed E-state index contributed by atoms with van der Waals surface area (Å²) in [5, 5.41) is 0. The van der Waals surface area contributed by atoms with Crippen LogP contribution >= 0.6 is 0 Å². The van der Waals surface area contributed by atoms with Crippen LogP contribution in [-0.2, 0) is 11.2 Å². The first kappa shape index (κ1) is 19.4. The number of piperidine rings is 1. The molecule has 0 bridgehead atoms. The summed E-state index contributed by atoms with van der Waals surface area (Å²) in [4.78, 5) is 17.2. The molecular formula is C23H30N2O2. The highest BCUT2D eigenvalue weighted by Crippen LogP contribution is 2.27. The molecule has 1 heterocycles. The van der Waals surface area contributed by atoms with Crippen LogP contribution in [0.5, 0.6) is 5.75 Å². The normalized spacial score (nSPS) is 15.5. The molecule has 0 N–H and O–H groups in total. The Kier molecular flexibility index (Phi) is 6.88. The molecular weight excluding hydrogens is 336 g/mol. The average Bonchev–Trinajstić information content (AvgIpc) is 2.74. The van der Waals surface area contributed by atoms with Gasteiger partial charge in [-0.25, -0.2) is 0 Å². The standard InChI is InChI=1S/C23H30N2O2/c1-3-23(26)25(21-10-7-11-22(18-21)27-2)20-13-16-24(17-14-20)15-12-19-8-5-4-6-9-19/h4-11,18,20H,3,12-17H2,1-2H3. The van der Waals surface area contributed by atoms with Gasteiger partial charge in [-0.1, -0.05) is 43.3 Å². The van der Waals surface area contributed by atoms with E-state index in [1.54, 1.807) is 7.11 Å². The zero-order chi connectivity index (χ0) is 19.1. The van der Waals surface area contributed by atoms with Gasteiger partial charge in [0.2, 0.25) is 5.91 Å². The van der Waals surface area contributed by atoms with Gasteiger partial charge in [-0.15, -0.1) is 0 Å². The summed E-state index contributed by atoms with van der Waals surface area (Å²) in [6.07, 6.45) is 3.62. The van der Waals surface area contributed by atoms with Crippen molar-refractivity contribution in [2.75, 3.05) is 31.6 Å². The van der Waals surface area contributed by atoms with Crippen molar-refractivity contribution >= 4 is 11.6 Å². The monoisotopic (exact) mass is 366 g/mol. The van der Waals surface area contributed by atoms with Gasteiger partial charge in [0.05, 0.1) is 7.11 Å². The molecule has 1 aliphatic heterocycles. The van der Waals surface area contributed by atoms with Crippen LogP contribution in [0, 0.1) is 0 Å². The molecule has 0 unspecified atom stereocenters. The summed E-state index contributed by atoms with van der Waals surface area (Å²) in [7, 11) is 1.66. The van der Waals surface area contributed by atoms with Gasteiger partial charge in [-0.3, -0.25) is 4.79 Å². The lowest BCUT2D eigenvalue weighted by atomic mass is 10.0. The number of carbonyl (C=O) groups is 1. The van der Waals surface area contributed by atoms with E-state index in [2.05, 4.69) is 35.2 Å². The fraction of sp³-hybridized carbons (Fsp3) is 0.435. The van der Waals surface area contributed by atoms with Crippen molar-refractivity contribution in [3.05, 3.63) is 60.2 Å². The second kappa shape index (κ2) is 9.56. The molecule has 4 heteroatoms. The minimum Gasteiger partial charge on any atom is -0.497 e. The van der Waals surface area contributed by atoms with E-state index in [-0.39, 0.29) is 11.9 Å².